The molecule has 0 aromatic heterocycles. The van der Waals surface area contributed by atoms with E-state index in [1.165, 1.54) is 26.4 Å². The van der Waals surface area contributed by atoms with Crippen molar-refractivity contribution >= 4 is 6.16 Å². The van der Waals surface area contributed by atoms with Crippen LogP contribution < -0.4 is 9.47 Å². The van der Waals surface area contributed by atoms with E-state index in [1.54, 1.807) is 0 Å². The fourth-order valence-corrected chi connectivity index (χ4v) is 0.841. The van der Waals surface area contributed by atoms with Crippen LogP contribution in [0, 0.1) is 5.82 Å². The first-order valence-electron chi connectivity index (χ1n) is 3.76. The van der Waals surface area contributed by atoms with Crippen LogP contribution in [0.3, 0.4) is 0 Å². The Morgan fingerprint density at radius 2 is 2.07 bits per heavy atom. The molecule has 76 valence electrons. The zero-order valence-corrected chi connectivity index (χ0v) is 7.74. The number of rotatable bonds is 2. The van der Waals surface area contributed by atoms with E-state index >= 15 is 0 Å². The molecule has 0 aliphatic heterocycles. The van der Waals surface area contributed by atoms with Crippen LogP contribution in [-0.4, -0.2) is 20.4 Å². The van der Waals surface area contributed by atoms with Gasteiger partial charge in [0, 0.05) is 6.07 Å². The Balaban J connectivity index is 2.84. The summed E-state index contributed by atoms with van der Waals surface area (Å²) in [5.74, 6) is -0.355. The van der Waals surface area contributed by atoms with Crippen molar-refractivity contribution in [1.29, 1.82) is 0 Å². The lowest BCUT2D eigenvalue weighted by atomic mass is 10.3. The van der Waals surface area contributed by atoms with Crippen LogP contribution in [-0.2, 0) is 4.74 Å². The second-order valence-corrected chi connectivity index (χ2v) is 2.35. The molecular weight excluding hydrogens is 191 g/mol. The normalized spacial score (nSPS) is 9.36. The summed E-state index contributed by atoms with van der Waals surface area (Å²) in [4.78, 5) is 10.7. The molecule has 14 heavy (non-hydrogen) atoms. The lowest BCUT2D eigenvalue weighted by molar-refractivity contribution is 0.121. The van der Waals surface area contributed by atoms with Crippen LogP contribution >= 0.6 is 0 Å². The molecule has 0 unspecified atom stereocenters. The lowest BCUT2D eigenvalue weighted by Gasteiger charge is -2.05. The Kier molecular flexibility index (Phi) is 3.28. The van der Waals surface area contributed by atoms with E-state index in [2.05, 4.69) is 9.47 Å². The maximum Gasteiger partial charge on any atom is 0.513 e. The molecule has 0 fully saturated rings. The number of carbonyl (C=O) groups excluding carboxylic acids is 1. The number of ether oxygens (including phenoxy) is 3. The van der Waals surface area contributed by atoms with Crippen LogP contribution in [0.25, 0.3) is 0 Å². The predicted octanol–water partition coefficient (Wildman–Crippen LogP) is 1.98. The Hall–Kier alpha value is -1.78. The number of hydrogen-bond acceptors (Lipinski definition) is 4. The molecule has 0 saturated heterocycles. The zero-order valence-electron chi connectivity index (χ0n) is 7.74. The molecule has 0 aliphatic carbocycles. The monoisotopic (exact) mass is 200 g/mol. The van der Waals surface area contributed by atoms with Crippen molar-refractivity contribution in [3.05, 3.63) is 24.0 Å². The van der Waals surface area contributed by atoms with E-state index in [0.29, 0.717) is 0 Å². The van der Waals surface area contributed by atoms with Gasteiger partial charge in [-0.2, -0.15) is 0 Å². The minimum atomic E-state index is -0.862. The summed E-state index contributed by atoms with van der Waals surface area (Å²) in [6, 6.07) is 3.69. The molecule has 1 aromatic rings. The minimum absolute atomic E-state index is 0.00593. The van der Waals surface area contributed by atoms with Gasteiger partial charge in [-0.15, -0.1) is 0 Å². The molecule has 0 atom stereocenters. The highest BCUT2D eigenvalue weighted by Crippen LogP contribution is 2.23. The van der Waals surface area contributed by atoms with Gasteiger partial charge < -0.3 is 14.2 Å². The topological polar surface area (TPSA) is 44.8 Å². The van der Waals surface area contributed by atoms with Crippen molar-refractivity contribution in [2.24, 2.45) is 0 Å². The van der Waals surface area contributed by atoms with E-state index in [4.69, 9.17) is 4.74 Å². The molecule has 0 N–H and O–H groups in total. The van der Waals surface area contributed by atoms with Crippen molar-refractivity contribution in [1.82, 2.24) is 0 Å². The van der Waals surface area contributed by atoms with E-state index in [9.17, 15) is 9.18 Å². The quantitative estimate of drug-likeness (QED) is 0.540. The molecule has 0 amide bonds. The first-order valence-corrected chi connectivity index (χ1v) is 3.76. The molecule has 0 bridgehead atoms. The molecule has 0 saturated carbocycles. The molecule has 0 radical (unpaired) electrons. The molecular formula is C9H9FO4. The van der Waals surface area contributed by atoms with Crippen molar-refractivity contribution in [3.8, 4) is 11.5 Å². The van der Waals surface area contributed by atoms with E-state index in [-0.39, 0.29) is 11.5 Å². The van der Waals surface area contributed by atoms with Gasteiger partial charge in [-0.1, -0.05) is 0 Å². The largest absolute Gasteiger partial charge is 0.513 e. The fraction of sp³-hybridized carbons (Fsp3) is 0.222. The van der Waals surface area contributed by atoms with E-state index in [1.807, 2.05) is 0 Å². The second kappa shape index (κ2) is 4.45. The first-order chi connectivity index (χ1) is 6.67. The summed E-state index contributed by atoms with van der Waals surface area (Å²) in [6.07, 6.45) is -0.862. The van der Waals surface area contributed by atoms with Gasteiger partial charge in [0.2, 0.25) is 0 Å². The number of methoxy groups -OCH3 is 2. The van der Waals surface area contributed by atoms with Crippen LogP contribution in [0.15, 0.2) is 18.2 Å². The lowest BCUT2D eigenvalue weighted by Crippen LogP contribution is -2.07. The van der Waals surface area contributed by atoms with Crippen molar-refractivity contribution in [3.63, 3.8) is 0 Å². The standard InChI is InChI=1S/C9H9FO4/c1-12-8-5-6(3-4-7(8)10)14-9(11)13-2/h3-5H,1-2H3. The summed E-state index contributed by atoms with van der Waals surface area (Å²) in [5, 5.41) is 0. The molecule has 0 spiro atoms. The summed E-state index contributed by atoms with van der Waals surface area (Å²) >= 11 is 0. The third-order valence-corrected chi connectivity index (χ3v) is 1.49. The number of hydrogen-bond donors (Lipinski definition) is 0. The first kappa shape index (κ1) is 10.3. The smallest absolute Gasteiger partial charge is 0.494 e. The highest BCUT2D eigenvalue weighted by molar-refractivity contribution is 5.63. The molecule has 1 aromatic carbocycles. The minimum Gasteiger partial charge on any atom is -0.494 e. The van der Waals surface area contributed by atoms with Crippen LogP contribution in [0.5, 0.6) is 11.5 Å². The predicted molar refractivity (Wildman–Crippen MR) is 46.0 cm³/mol. The SMILES string of the molecule is COC(=O)Oc1ccc(F)c(OC)c1. The second-order valence-electron chi connectivity index (χ2n) is 2.35. The fourth-order valence-electron chi connectivity index (χ4n) is 0.841. The van der Waals surface area contributed by atoms with Crippen LogP contribution in [0.1, 0.15) is 0 Å². The van der Waals surface area contributed by atoms with Gasteiger partial charge in [0.15, 0.2) is 11.6 Å². The highest BCUT2D eigenvalue weighted by Gasteiger charge is 2.07. The number of benzene rings is 1. The van der Waals surface area contributed by atoms with E-state index < -0.39 is 12.0 Å². The highest BCUT2D eigenvalue weighted by atomic mass is 19.1. The molecule has 0 heterocycles. The van der Waals surface area contributed by atoms with E-state index in [0.717, 1.165) is 6.07 Å². The van der Waals surface area contributed by atoms with Crippen molar-refractivity contribution in [2.45, 2.75) is 0 Å². The number of carbonyl (C=O) groups is 1. The van der Waals surface area contributed by atoms with Gasteiger partial charge in [-0.3, -0.25) is 0 Å². The van der Waals surface area contributed by atoms with Gasteiger partial charge in [0.25, 0.3) is 0 Å². The molecule has 5 heteroatoms. The zero-order chi connectivity index (χ0) is 10.6. The Labute approximate surface area is 80.2 Å². The van der Waals surface area contributed by atoms with Gasteiger partial charge in [-0.05, 0) is 12.1 Å². The summed E-state index contributed by atoms with van der Waals surface area (Å²) < 4.78 is 26.5. The Bertz CT molecular complexity index is 338. The van der Waals surface area contributed by atoms with Crippen molar-refractivity contribution in [2.75, 3.05) is 14.2 Å². The molecule has 1 rings (SSSR count). The molecule has 4 nitrogen and oxygen atoms in total. The van der Waals surface area contributed by atoms with Gasteiger partial charge >= 0.3 is 6.16 Å². The Morgan fingerprint density at radius 1 is 1.36 bits per heavy atom. The summed E-state index contributed by atoms with van der Waals surface area (Å²) in [5.41, 5.74) is 0. The van der Waals surface area contributed by atoms with Gasteiger partial charge in [-0.25, -0.2) is 9.18 Å². The molecule has 0 aliphatic rings. The van der Waals surface area contributed by atoms with Gasteiger partial charge in [0.05, 0.1) is 14.2 Å². The maximum atomic E-state index is 12.9. The average Bonchev–Trinajstić information content (AvgIpc) is 2.20. The van der Waals surface area contributed by atoms with Gasteiger partial charge in [0.1, 0.15) is 5.75 Å². The third kappa shape index (κ3) is 2.35. The average molecular weight is 200 g/mol. The number of halogens is 1. The summed E-state index contributed by atoms with van der Waals surface area (Å²) in [6.45, 7) is 0. The maximum absolute atomic E-state index is 12.9. The van der Waals surface area contributed by atoms with Crippen LogP contribution in [0.2, 0.25) is 0 Å². The van der Waals surface area contributed by atoms with Crippen LogP contribution in [0.4, 0.5) is 9.18 Å². The summed E-state index contributed by atoms with van der Waals surface area (Å²) in [7, 11) is 2.50. The van der Waals surface area contributed by atoms with Crippen molar-refractivity contribution < 1.29 is 23.4 Å². The third-order valence-electron chi connectivity index (χ3n) is 1.49. The Morgan fingerprint density at radius 3 is 2.64 bits per heavy atom.